The zero-order valence-electron chi connectivity index (χ0n) is 11.2. The highest BCUT2D eigenvalue weighted by Gasteiger charge is 2.40. The Balaban J connectivity index is 2.22. The maximum atomic E-state index is 13.0. The van der Waals surface area contributed by atoms with Crippen molar-refractivity contribution in [3.05, 3.63) is 35.4 Å². The normalized spacial score (nSPS) is 22.5. The van der Waals surface area contributed by atoms with Crippen molar-refractivity contribution in [2.75, 3.05) is 0 Å². The average molecular weight is 282 g/mol. The Bertz CT molecular complexity index is 540. The van der Waals surface area contributed by atoms with Gasteiger partial charge in [-0.05, 0) is 18.1 Å². The summed E-state index contributed by atoms with van der Waals surface area (Å²) in [7, 11) is 0. The molecule has 2 amide bonds. The zero-order chi connectivity index (χ0) is 14.9. The number of hydrogen-bond acceptors (Lipinski definition) is 2. The predicted octanol–water partition coefficient (Wildman–Crippen LogP) is 1.70. The van der Waals surface area contributed by atoms with Crippen LogP contribution >= 0.6 is 0 Å². The van der Waals surface area contributed by atoms with E-state index in [1.54, 1.807) is 6.07 Å². The zero-order valence-corrected chi connectivity index (χ0v) is 11.2. The number of rotatable bonds is 3. The first-order chi connectivity index (χ1) is 9.29. The molecule has 0 saturated carbocycles. The first-order valence-corrected chi connectivity index (χ1v) is 6.32. The van der Waals surface area contributed by atoms with Gasteiger partial charge in [-0.15, -0.1) is 0 Å². The Morgan fingerprint density at radius 3 is 2.65 bits per heavy atom. The molecule has 0 aromatic heterocycles. The summed E-state index contributed by atoms with van der Waals surface area (Å²) >= 11 is 0. The average Bonchev–Trinajstić information content (AvgIpc) is 2.69. The van der Waals surface area contributed by atoms with Gasteiger partial charge in [-0.3, -0.25) is 9.59 Å². The maximum absolute atomic E-state index is 13.0. The molecule has 0 spiro atoms. The summed E-state index contributed by atoms with van der Waals surface area (Å²) in [6.45, 7) is 2.41. The molecule has 0 bridgehead atoms. The lowest BCUT2D eigenvalue weighted by molar-refractivity contribution is -0.143. The van der Waals surface area contributed by atoms with E-state index in [9.17, 15) is 18.4 Å². The van der Waals surface area contributed by atoms with Crippen molar-refractivity contribution in [3.8, 4) is 0 Å². The number of carbonyl (C=O) groups is 2. The van der Waals surface area contributed by atoms with E-state index < -0.39 is 23.9 Å². The van der Waals surface area contributed by atoms with E-state index in [2.05, 4.69) is 10.6 Å². The number of carbonyl (C=O) groups excluding carboxylic acids is 2. The molecule has 2 atom stereocenters. The maximum Gasteiger partial charge on any atom is 0.321 e. The summed E-state index contributed by atoms with van der Waals surface area (Å²) in [4.78, 5) is 22.9. The van der Waals surface area contributed by atoms with Crippen LogP contribution in [0.1, 0.15) is 30.5 Å². The van der Waals surface area contributed by atoms with E-state index in [-0.39, 0.29) is 12.3 Å². The van der Waals surface area contributed by atoms with E-state index in [1.807, 2.05) is 25.1 Å². The van der Waals surface area contributed by atoms with E-state index in [0.29, 0.717) is 6.92 Å². The smallest absolute Gasteiger partial charge is 0.321 e. The molecule has 4 nitrogen and oxygen atoms in total. The van der Waals surface area contributed by atoms with Gasteiger partial charge >= 0.3 is 5.92 Å². The van der Waals surface area contributed by atoms with Crippen molar-refractivity contribution < 1.29 is 18.4 Å². The van der Waals surface area contributed by atoms with Gasteiger partial charge < -0.3 is 10.6 Å². The molecule has 1 heterocycles. The van der Waals surface area contributed by atoms with Crippen LogP contribution in [0, 0.1) is 6.92 Å². The first-order valence-electron chi connectivity index (χ1n) is 6.32. The molecular weight excluding hydrogens is 266 g/mol. The minimum absolute atomic E-state index is 0.000814. The second-order valence-corrected chi connectivity index (χ2v) is 5.07. The van der Waals surface area contributed by atoms with Gasteiger partial charge in [0.25, 0.3) is 5.91 Å². The Morgan fingerprint density at radius 1 is 1.40 bits per heavy atom. The van der Waals surface area contributed by atoms with Crippen LogP contribution in [0.4, 0.5) is 8.78 Å². The summed E-state index contributed by atoms with van der Waals surface area (Å²) in [5.41, 5.74) is 1.75. The molecule has 0 unspecified atom stereocenters. The highest BCUT2D eigenvalue weighted by molar-refractivity contribution is 5.86. The third-order valence-electron chi connectivity index (χ3n) is 3.36. The molecule has 2 rings (SSSR count). The quantitative estimate of drug-likeness (QED) is 0.886. The van der Waals surface area contributed by atoms with Crippen LogP contribution in [0.15, 0.2) is 24.3 Å². The van der Waals surface area contributed by atoms with Gasteiger partial charge in [-0.25, -0.2) is 0 Å². The third-order valence-corrected chi connectivity index (χ3v) is 3.36. The van der Waals surface area contributed by atoms with E-state index in [1.165, 1.54) is 0 Å². The number of amides is 2. The molecule has 20 heavy (non-hydrogen) atoms. The molecule has 6 heteroatoms. The Labute approximate surface area is 115 Å². The summed E-state index contributed by atoms with van der Waals surface area (Å²) in [6.07, 6.45) is 0.000814. The SMILES string of the molecule is Cc1ccccc1[C@H]1NC(=O)C[C@@H]1NC(=O)C(C)(F)F. The van der Waals surface area contributed by atoms with Crippen LogP contribution in [0.2, 0.25) is 0 Å². The Kier molecular flexibility index (Phi) is 3.74. The standard InChI is InChI=1S/C14H16F2N2O2/c1-8-5-3-4-6-9(8)12-10(7-11(19)18-12)17-13(20)14(2,15)16/h3-6,10,12H,7H2,1-2H3,(H,17,20)(H,18,19)/t10-,12+/m0/s1. The second kappa shape index (κ2) is 5.19. The van der Waals surface area contributed by atoms with Crippen LogP contribution in [0.25, 0.3) is 0 Å². The lowest BCUT2D eigenvalue weighted by Crippen LogP contribution is -2.45. The number of benzene rings is 1. The first kappa shape index (κ1) is 14.4. The predicted molar refractivity (Wildman–Crippen MR) is 69.2 cm³/mol. The summed E-state index contributed by atoms with van der Waals surface area (Å²) < 4.78 is 25.9. The van der Waals surface area contributed by atoms with E-state index >= 15 is 0 Å². The fourth-order valence-corrected chi connectivity index (χ4v) is 2.31. The van der Waals surface area contributed by atoms with Gasteiger partial charge in [0.15, 0.2) is 0 Å². The van der Waals surface area contributed by atoms with Crippen molar-refractivity contribution in [3.63, 3.8) is 0 Å². The number of nitrogens with one attached hydrogen (secondary N) is 2. The third kappa shape index (κ3) is 2.95. The van der Waals surface area contributed by atoms with Crippen molar-refractivity contribution in [2.45, 2.75) is 38.3 Å². The topological polar surface area (TPSA) is 58.2 Å². The molecule has 1 aromatic carbocycles. The van der Waals surface area contributed by atoms with Gasteiger partial charge in [0.2, 0.25) is 5.91 Å². The van der Waals surface area contributed by atoms with Gasteiger partial charge in [0, 0.05) is 13.3 Å². The van der Waals surface area contributed by atoms with Gasteiger partial charge in [0.1, 0.15) is 0 Å². The molecule has 1 fully saturated rings. The molecular formula is C14H16F2N2O2. The van der Waals surface area contributed by atoms with Gasteiger partial charge in [0.05, 0.1) is 12.1 Å². The molecule has 1 aliphatic rings. The highest BCUT2D eigenvalue weighted by Crippen LogP contribution is 2.27. The summed E-state index contributed by atoms with van der Waals surface area (Å²) in [5, 5.41) is 4.97. The number of alkyl halides is 2. The number of aryl methyl sites for hydroxylation is 1. The molecule has 1 aliphatic heterocycles. The Morgan fingerprint density at radius 2 is 2.05 bits per heavy atom. The summed E-state index contributed by atoms with van der Waals surface area (Å²) in [6, 6.07) is 6.20. The largest absolute Gasteiger partial charge is 0.347 e. The Hall–Kier alpha value is -1.98. The lowest BCUT2D eigenvalue weighted by Gasteiger charge is -2.23. The fraction of sp³-hybridized carbons (Fsp3) is 0.429. The highest BCUT2D eigenvalue weighted by atomic mass is 19.3. The molecule has 0 aliphatic carbocycles. The van der Waals surface area contributed by atoms with E-state index in [0.717, 1.165) is 11.1 Å². The van der Waals surface area contributed by atoms with Crippen LogP contribution in [0.3, 0.4) is 0 Å². The van der Waals surface area contributed by atoms with Crippen molar-refractivity contribution >= 4 is 11.8 Å². The van der Waals surface area contributed by atoms with Crippen molar-refractivity contribution in [2.24, 2.45) is 0 Å². The number of hydrogen-bond donors (Lipinski definition) is 2. The monoisotopic (exact) mass is 282 g/mol. The number of halogens is 2. The van der Waals surface area contributed by atoms with Crippen LogP contribution in [-0.4, -0.2) is 23.8 Å². The molecule has 1 saturated heterocycles. The van der Waals surface area contributed by atoms with Crippen LogP contribution < -0.4 is 10.6 Å². The molecule has 108 valence electrons. The summed E-state index contributed by atoms with van der Waals surface area (Å²) in [5.74, 6) is -5.08. The molecule has 2 N–H and O–H groups in total. The van der Waals surface area contributed by atoms with Crippen LogP contribution in [0.5, 0.6) is 0 Å². The molecule has 0 radical (unpaired) electrons. The second-order valence-electron chi connectivity index (χ2n) is 5.07. The molecule has 1 aromatic rings. The fourth-order valence-electron chi connectivity index (χ4n) is 2.31. The van der Waals surface area contributed by atoms with Crippen molar-refractivity contribution in [1.82, 2.24) is 10.6 Å². The lowest BCUT2D eigenvalue weighted by atomic mass is 9.96. The van der Waals surface area contributed by atoms with Gasteiger partial charge in [-0.2, -0.15) is 8.78 Å². The van der Waals surface area contributed by atoms with Crippen LogP contribution in [-0.2, 0) is 9.59 Å². The van der Waals surface area contributed by atoms with Crippen molar-refractivity contribution in [1.29, 1.82) is 0 Å². The van der Waals surface area contributed by atoms with E-state index in [4.69, 9.17) is 0 Å². The van der Waals surface area contributed by atoms with Gasteiger partial charge in [-0.1, -0.05) is 24.3 Å². The minimum Gasteiger partial charge on any atom is -0.347 e. The minimum atomic E-state index is -3.46.